The zero-order valence-electron chi connectivity index (χ0n) is 16.9. The lowest BCUT2D eigenvalue weighted by Gasteiger charge is -2.31. The van der Waals surface area contributed by atoms with Gasteiger partial charge in [0.25, 0.3) is 0 Å². The Morgan fingerprint density at radius 2 is 1.89 bits per heavy atom. The summed E-state index contributed by atoms with van der Waals surface area (Å²) in [7, 11) is -1.74. The lowest BCUT2D eigenvalue weighted by Crippen LogP contribution is -2.34. The molecule has 0 bridgehead atoms. The summed E-state index contributed by atoms with van der Waals surface area (Å²) in [4.78, 5) is 6.85. The van der Waals surface area contributed by atoms with E-state index in [0.29, 0.717) is 19.1 Å². The van der Waals surface area contributed by atoms with Crippen LogP contribution in [0.3, 0.4) is 0 Å². The highest BCUT2D eigenvalue weighted by atomic mass is 32.2. The lowest BCUT2D eigenvalue weighted by molar-refractivity contribution is 0.164. The number of hydrogen-bond donors (Lipinski definition) is 0. The lowest BCUT2D eigenvalue weighted by atomic mass is 10.0. The number of aromatic nitrogens is 2. The van der Waals surface area contributed by atoms with Gasteiger partial charge in [-0.2, -0.15) is 0 Å². The van der Waals surface area contributed by atoms with Crippen LogP contribution >= 0.6 is 0 Å². The van der Waals surface area contributed by atoms with Crippen LogP contribution in [0.4, 0.5) is 0 Å². The Bertz CT molecular complexity index is 693. The number of piperidine rings is 1. The van der Waals surface area contributed by atoms with Crippen molar-refractivity contribution in [2.45, 2.75) is 81.8 Å². The van der Waals surface area contributed by atoms with Crippen LogP contribution in [0, 0.1) is 5.92 Å². The third-order valence-electron chi connectivity index (χ3n) is 6.04. The molecule has 0 radical (unpaired) electrons. The van der Waals surface area contributed by atoms with E-state index < -0.39 is 9.84 Å². The predicted octanol–water partition coefficient (Wildman–Crippen LogP) is 3.26. The van der Waals surface area contributed by atoms with E-state index in [9.17, 15) is 8.42 Å². The second-order valence-electron chi connectivity index (χ2n) is 8.32. The van der Waals surface area contributed by atoms with E-state index in [-0.39, 0.29) is 10.4 Å². The topological polar surface area (TPSA) is 64.4 Å². The van der Waals surface area contributed by atoms with Crippen molar-refractivity contribution >= 4 is 9.84 Å². The molecule has 0 amide bonds. The number of rotatable bonds is 7. The molecule has 1 aromatic rings. The second kappa shape index (κ2) is 9.52. The number of imidazole rings is 1. The normalized spacial score (nSPS) is 23.4. The van der Waals surface area contributed by atoms with Crippen LogP contribution in [0.5, 0.6) is 0 Å². The van der Waals surface area contributed by atoms with Crippen molar-refractivity contribution in [2.24, 2.45) is 5.92 Å². The summed E-state index contributed by atoms with van der Waals surface area (Å²) in [6, 6.07) is 0. The van der Waals surface area contributed by atoms with Crippen molar-refractivity contribution in [1.29, 1.82) is 0 Å². The first kappa shape index (κ1) is 20.8. The van der Waals surface area contributed by atoms with E-state index in [1.54, 1.807) is 13.3 Å². The smallest absolute Gasteiger partial charge is 0.228 e. The molecule has 1 aliphatic heterocycles. The quantitative estimate of drug-likeness (QED) is 0.661. The van der Waals surface area contributed by atoms with Gasteiger partial charge in [-0.3, -0.25) is 4.90 Å². The fraction of sp³-hybridized carbons (Fsp3) is 0.850. The van der Waals surface area contributed by atoms with E-state index in [4.69, 9.17) is 4.74 Å². The maximum atomic E-state index is 13.3. The van der Waals surface area contributed by atoms with E-state index in [2.05, 4.69) is 16.8 Å². The molecule has 6 nitrogen and oxygen atoms in total. The SMILES string of the molecule is COCCn1c(CN2CCC[C@@H](C)C2)cnc1S(=O)(=O)C1CCCCCC1. The molecule has 2 heterocycles. The molecule has 0 unspecified atom stereocenters. The van der Waals surface area contributed by atoms with Gasteiger partial charge in [-0.25, -0.2) is 13.4 Å². The molecule has 27 heavy (non-hydrogen) atoms. The van der Waals surface area contributed by atoms with Crippen LogP contribution in [-0.2, 0) is 27.7 Å². The summed E-state index contributed by atoms with van der Waals surface area (Å²) in [5, 5.41) is -0.0296. The minimum Gasteiger partial charge on any atom is -0.383 e. The molecule has 154 valence electrons. The minimum absolute atomic E-state index is 0.256. The molecule has 2 fully saturated rings. The van der Waals surface area contributed by atoms with Crippen LogP contribution in [0.1, 0.15) is 64.0 Å². The Labute approximate surface area is 164 Å². The summed E-state index contributed by atoms with van der Waals surface area (Å²) < 4.78 is 33.8. The van der Waals surface area contributed by atoms with Crippen molar-refractivity contribution in [3.63, 3.8) is 0 Å². The summed E-state index contributed by atoms with van der Waals surface area (Å²) in [6.45, 7) is 6.23. The Hall–Kier alpha value is -0.920. The molecule has 1 saturated heterocycles. The predicted molar refractivity (Wildman–Crippen MR) is 106 cm³/mol. The monoisotopic (exact) mass is 397 g/mol. The highest BCUT2D eigenvalue weighted by molar-refractivity contribution is 7.91. The first-order valence-corrected chi connectivity index (χ1v) is 12.1. The number of methoxy groups -OCH3 is 1. The van der Waals surface area contributed by atoms with E-state index in [0.717, 1.165) is 63.9 Å². The average Bonchev–Trinajstić information content (AvgIpc) is 2.85. The van der Waals surface area contributed by atoms with Gasteiger partial charge in [0.05, 0.1) is 23.7 Å². The number of ether oxygens (including phenoxy) is 1. The van der Waals surface area contributed by atoms with Gasteiger partial charge in [-0.1, -0.05) is 32.6 Å². The third-order valence-corrected chi connectivity index (χ3v) is 8.23. The van der Waals surface area contributed by atoms with Crippen LogP contribution in [-0.4, -0.2) is 54.9 Å². The summed E-state index contributed by atoms with van der Waals surface area (Å²) in [5.41, 5.74) is 0.994. The van der Waals surface area contributed by atoms with Gasteiger partial charge in [-0.05, 0) is 38.1 Å². The summed E-state index contributed by atoms with van der Waals surface area (Å²) in [6.07, 6.45) is 10.1. The molecule has 2 aliphatic rings. The van der Waals surface area contributed by atoms with Gasteiger partial charge in [-0.15, -0.1) is 0 Å². The van der Waals surface area contributed by atoms with Gasteiger partial charge in [0.1, 0.15) is 0 Å². The van der Waals surface area contributed by atoms with Crippen LogP contribution in [0.2, 0.25) is 0 Å². The highest BCUT2D eigenvalue weighted by Crippen LogP contribution is 2.28. The molecular weight excluding hydrogens is 362 g/mol. The maximum absolute atomic E-state index is 13.3. The molecule has 1 aliphatic carbocycles. The Morgan fingerprint density at radius 3 is 2.56 bits per heavy atom. The van der Waals surface area contributed by atoms with E-state index >= 15 is 0 Å². The molecule has 7 heteroatoms. The van der Waals surface area contributed by atoms with Crippen LogP contribution in [0.25, 0.3) is 0 Å². The molecule has 3 rings (SSSR count). The molecule has 1 saturated carbocycles. The Balaban J connectivity index is 1.84. The molecular formula is C20H35N3O3S. The van der Waals surface area contributed by atoms with Crippen molar-refractivity contribution in [3.8, 4) is 0 Å². The number of sulfone groups is 1. The molecule has 1 atom stereocenters. The van der Waals surface area contributed by atoms with E-state index in [1.807, 2.05) is 4.57 Å². The Kier molecular flexibility index (Phi) is 7.34. The second-order valence-corrected chi connectivity index (χ2v) is 10.4. The van der Waals surface area contributed by atoms with E-state index in [1.165, 1.54) is 12.8 Å². The van der Waals surface area contributed by atoms with Crippen LogP contribution < -0.4 is 0 Å². The summed E-state index contributed by atoms with van der Waals surface area (Å²) in [5.74, 6) is 0.697. The first-order valence-electron chi connectivity index (χ1n) is 10.5. The number of hydrogen-bond acceptors (Lipinski definition) is 5. The van der Waals surface area contributed by atoms with Crippen molar-refractivity contribution in [3.05, 3.63) is 11.9 Å². The standard InChI is InChI=1S/C20H35N3O3S/c1-17-8-7-11-22(15-17)16-18-14-21-20(23(18)12-13-26-2)27(24,25)19-9-5-3-4-6-10-19/h14,17,19H,3-13,15-16H2,1-2H3/t17-/m1/s1. The zero-order valence-corrected chi connectivity index (χ0v) is 17.7. The number of nitrogens with zero attached hydrogens (tertiary/aromatic N) is 3. The fourth-order valence-corrected chi connectivity index (χ4v) is 6.50. The maximum Gasteiger partial charge on any atom is 0.228 e. The highest BCUT2D eigenvalue weighted by Gasteiger charge is 2.33. The van der Waals surface area contributed by atoms with Crippen molar-refractivity contribution in [2.75, 3.05) is 26.8 Å². The largest absolute Gasteiger partial charge is 0.383 e. The number of likely N-dealkylation sites (tertiary alicyclic amines) is 1. The van der Waals surface area contributed by atoms with Gasteiger partial charge in [0, 0.05) is 26.7 Å². The zero-order chi connectivity index (χ0) is 19.3. The van der Waals surface area contributed by atoms with Crippen molar-refractivity contribution in [1.82, 2.24) is 14.5 Å². The molecule has 1 aromatic heterocycles. The fourth-order valence-electron chi connectivity index (χ4n) is 4.53. The van der Waals surface area contributed by atoms with Crippen LogP contribution in [0.15, 0.2) is 11.4 Å². The molecule has 0 spiro atoms. The minimum atomic E-state index is -3.40. The summed E-state index contributed by atoms with van der Waals surface area (Å²) >= 11 is 0. The first-order chi connectivity index (χ1) is 13.0. The molecule has 0 aromatic carbocycles. The van der Waals surface area contributed by atoms with Gasteiger partial charge in [0.2, 0.25) is 15.0 Å². The van der Waals surface area contributed by atoms with Gasteiger partial charge in [0.15, 0.2) is 0 Å². The van der Waals surface area contributed by atoms with Gasteiger partial charge < -0.3 is 9.30 Å². The third kappa shape index (κ3) is 5.12. The van der Waals surface area contributed by atoms with Crippen molar-refractivity contribution < 1.29 is 13.2 Å². The average molecular weight is 398 g/mol. The Morgan fingerprint density at radius 1 is 1.15 bits per heavy atom. The molecule has 0 N–H and O–H groups in total. The van der Waals surface area contributed by atoms with Gasteiger partial charge >= 0.3 is 0 Å².